The van der Waals surface area contributed by atoms with Crippen molar-refractivity contribution in [3.8, 4) is 0 Å². The van der Waals surface area contributed by atoms with Crippen LogP contribution in [0.15, 0.2) is 0 Å². The van der Waals surface area contributed by atoms with Crippen LogP contribution in [-0.4, -0.2) is 59.7 Å². The predicted octanol–water partition coefficient (Wildman–Crippen LogP) is 4.48. The fourth-order valence-electron chi connectivity index (χ4n) is 4.04. The number of hydrogen-bond acceptors (Lipinski definition) is 6. The van der Waals surface area contributed by atoms with Crippen LogP contribution in [0.3, 0.4) is 0 Å². The van der Waals surface area contributed by atoms with Crippen LogP contribution >= 0.6 is 23.5 Å². The molecule has 3 fully saturated rings. The summed E-state index contributed by atoms with van der Waals surface area (Å²) in [6.45, 7) is 15.6. The summed E-state index contributed by atoms with van der Waals surface area (Å²) in [5.41, 5.74) is 0. The van der Waals surface area contributed by atoms with E-state index in [1.165, 1.54) is 6.42 Å². The molecule has 3 aliphatic rings. The Kier molecular flexibility index (Phi) is 5.96. The molecule has 1 aliphatic carbocycles. The van der Waals surface area contributed by atoms with Gasteiger partial charge in [-0.15, -0.1) is 23.5 Å². The van der Waals surface area contributed by atoms with Gasteiger partial charge in [0, 0.05) is 5.92 Å². The van der Waals surface area contributed by atoms with E-state index in [0.717, 1.165) is 17.9 Å². The highest BCUT2D eigenvalue weighted by Crippen LogP contribution is 2.58. The second-order valence-corrected chi connectivity index (χ2v) is 17.7. The van der Waals surface area contributed by atoms with Crippen molar-refractivity contribution < 1.29 is 19.0 Å². The summed E-state index contributed by atoms with van der Waals surface area (Å²) in [4.78, 5) is 0. The van der Waals surface area contributed by atoms with Gasteiger partial charge in [0.15, 0.2) is 14.1 Å². The average Bonchev–Trinajstić information content (AvgIpc) is 2.82. The van der Waals surface area contributed by atoms with Gasteiger partial charge in [-0.2, -0.15) is 0 Å². The molecule has 1 saturated carbocycles. The lowest BCUT2D eigenvalue weighted by Gasteiger charge is -2.53. The van der Waals surface area contributed by atoms with E-state index < -0.39 is 14.1 Å². The zero-order valence-corrected chi connectivity index (χ0v) is 20.0. The number of ether oxygens (including phenoxy) is 2. The zero-order valence-electron chi connectivity index (χ0n) is 17.3. The van der Waals surface area contributed by atoms with Gasteiger partial charge in [-0.3, -0.25) is 0 Å². The van der Waals surface area contributed by atoms with Crippen molar-refractivity contribution in [1.29, 1.82) is 0 Å². The van der Waals surface area contributed by atoms with Crippen molar-refractivity contribution in [2.45, 2.75) is 93.8 Å². The van der Waals surface area contributed by atoms with Gasteiger partial charge in [-0.1, -0.05) is 20.8 Å². The van der Waals surface area contributed by atoms with Crippen LogP contribution in [0.1, 0.15) is 47.5 Å². The third kappa shape index (κ3) is 3.91. The molecule has 1 spiro atoms. The molecule has 26 heavy (non-hydrogen) atoms. The average molecular weight is 421 g/mol. The second kappa shape index (κ2) is 7.22. The van der Waals surface area contributed by atoms with Crippen molar-refractivity contribution in [2.75, 3.05) is 18.1 Å². The van der Waals surface area contributed by atoms with Crippen molar-refractivity contribution in [3.05, 3.63) is 0 Å². The highest BCUT2D eigenvalue weighted by atomic mass is 32.2. The van der Waals surface area contributed by atoms with E-state index >= 15 is 0 Å². The molecule has 2 heterocycles. The molecule has 3 rings (SSSR count). The highest BCUT2D eigenvalue weighted by molar-refractivity contribution is 8.18. The summed E-state index contributed by atoms with van der Waals surface area (Å²) in [6.07, 6.45) is 2.01. The fraction of sp³-hybridized carbons (Fsp3) is 1.00. The topological polar surface area (TPSA) is 47.9 Å². The van der Waals surface area contributed by atoms with E-state index in [1.54, 1.807) is 0 Å². The van der Waals surface area contributed by atoms with E-state index in [0.29, 0.717) is 0 Å². The maximum Gasteiger partial charge on any atom is 0.192 e. The number of hydrogen-bond donors (Lipinski definition) is 1. The van der Waals surface area contributed by atoms with Gasteiger partial charge < -0.3 is 19.0 Å². The summed E-state index contributed by atoms with van der Waals surface area (Å²) < 4.78 is 19.5. The molecule has 152 valence electrons. The standard InChI is InChI=1S/C19H36O4S2Si/c1-17(2,3)26(6,7)23-14-11-19(24-9-8-10-25-19)13(12-20)15-16(14)22-18(4,5)21-15/h13-16,20H,8-12H2,1-7H3/t13-,14+,15+,16+/m0/s1. The number of thioether (sulfide) groups is 2. The summed E-state index contributed by atoms with van der Waals surface area (Å²) in [5.74, 6) is 1.77. The highest BCUT2D eigenvalue weighted by Gasteiger charge is 2.61. The van der Waals surface area contributed by atoms with Crippen LogP contribution in [-0.2, 0) is 13.9 Å². The largest absolute Gasteiger partial charge is 0.411 e. The Morgan fingerprint density at radius 3 is 2.23 bits per heavy atom. The molecular weight excluding hydrogens is 384 g/mol. The van der Waals surface area contributed by atoms with Crippen LogP contribution < -0.4 is 0 Å². The lowest BCUT2D eigenvalue weighted by Crippen LogP contribution is -2.60. The van der Waals surface area contributed by atoms with E-state index in [4.69, 9.17) is 13.9 Å². The van der Waals surface area contributed by atoms with E-state index in [-0.39, 0.29) is 40.0 Å². The van der Waals surface area contributed by atoms with E-state index in [2.05, 4.69) is 33.9 Å². The van der Waals surface area contributed by atoms with Gasteiger partial charge in [0.1, 0.15) is 6.10 Å². The first kappa shape index (κ1) is 21.5. The lowest BCUT2D eigenvalue weighted by molar-refractivity contribution is -0.154. The SMILES string of the molecule is CC1(C)O[C@H]2[C@H](O1)[C@H](CO)C1(C[C@H]2O[Si](C)(C)C(C)(C)C)SCCCS1. The molecule has 0 bridgehead atoms. The third-order valence-corrected chi connectivity index (χ3v) is 14.5. The molecule has 0 unspecified atom stereocenters. The molecule has 2 saturated heterocycles. The molecule has 0 aromatic heterocycles. The molecular formula is C19H36O4S2Si. The Morgan fingerprint density at radius 2 is 1.69 bits per heavy atom. The van der Waals surface area contributed by atoms with Crippen LogP contribution in [0.2, 0.25) is 18.1 Å². The monoisotopic (exact) mass is 420 g/mol. The van der Waals surface area contributed by atoms with Crippen molar-refractivity contribution in [2.24, 2.45) is 5.92 Å². The smallest absolute Gasteiger partial charge is 0.192 e. The maximum absolute atomic E-state index is 10.3. The Balaban J connectivity index is 1.93. The predicted molar refractivity (Wildman–Crippen MR) is 113 cm³/mol. The molecule has 4 nitrogen and oxygen atoms in total. The van der Waals surface area contributed by atoms with Crippen LogP contribution in [0.5, 0.6) is 0 Å². The van der Waals surface area contributed by atoms with Gasteiger partial charge in [0.05, 0.1) is 22.9 Å². The van der Waals surface area contributed by atoms with Crippen LogP contribution in [0.25, 0.3) is 0 Å². The Bertz CT molecular complexity index is 514. The molecule has 0 radical (unpaired) electrons. The number of aliphatic hydroxyl groups is 1. The van der Waals surface area contributed by atoms with Crippen LogP contribution in [0.4, 0.5) is 0 Å². The minimum Gasteiger partial charge on any atom is -0.411 e. The Morgan fingerprint density at radius 1 is 1.12 bits per heavy atom. The molecule has 1 N–H and O–H groups in total. The van der Waals surface area contributed by atoms with Gasteiger partial charge >= 0.3 is 0 Å². The summed E-state index contributed by atoms with van der Waals surface area (Å²) in [7, 11) is -1.93. The summed E-state index contributed by atoms with van der Waals surface area (Å²) in [5, 5.41) is 10.4. The Hall–Kier alpha value is 0.757. The van der Waals surface area contributed by atoms with Crippen molar-refractivity contribution in [1.82, 2.24) is 0 Å². The molecule has 4 atom stereocenters. The molecule has 2 aliphatic heterocycles. The zero-order chi connectivity index (χ0) is 19.4. The van der Waals surface area contributed by atoms with Gasteiger partial charge in [0.2, 0.25) is 0 Å². The van der Waals surface area contributed by atoms with Gasteiger partial charge in [-0.25, -0.2) is 0 Å². The van der Waals surface area contributed by atoms with Crippen LogP contribution in [0, 0.1) is 5.92 Å². The third-order valence-electron chi connectivity index (χ3n) is 6.41. The Labute approximate surface area is 168 Å². The van der Waals surface area contributed by atoms with Crippen molar-refractivity contribution in [3.63, 3.8) is 0 Å². The summed E-state index contributed by atoms with van der Waals surface area (Å²) in [6, 6.07) is 0. The maximum atomic E-state index is 10.3. The number of rotatable bonds is 3. The lowest BCUT2D eigenvalue weighted by atomic mass is 9.82. The number of fused-ring (bicyclic) bond motifs is 1. The normalized spacial score (nSPS) is 36.9. The molecule has 0 aromatic rings. The first-order valence-electron chi connectivity index (χ1n) is 9.83. The van der Waals surface area contributed by atoms with Gasteiger partial charge in [0.25, 0.3) is 0 Å². The van der Waals surface area contributed by atoms with Gasteiger partial charge in [-0.05, 0) is 56.3 Å². The molecule has 7 heteroatoms. The van der Waals surface area contributed by atoms with Crippen molar-refractivity contribution >= 4 is 31.8 Å². The second-order valence-electron chi connectivity index (χ2n) is 9.84. The molecule has 0 amide bonds. The summed E-state index contributed by atoms with van der Waals surface area (Å²) >= 11 is 4.02. The quantitative estimate of drug-likeness (QED) is 0.680. The molecule has 0 aromatic carbocycles. The fourth-order valence-corrected chi connectivity index (χ4v) is 9.07. The first-order chi connectivity index (χ1) is 11.9. The minimum absolute atomic E-state index is 0.0228. The first-order valence-corrected chi connectivity index (χ1v) is 14.7. The van der Waals surface area contributed by atoms with E-state index in [1.807, 2.05) is 37.4 Å². The number of aliphatic hydroxyl groups excluding tert-OH is 1. The minimum atomic E-state index is -1.93. The van der Waals surface area contributed by atoms with E-state index in [9.17, 15) is 5.11 Å².